The monoisotopic (exact) mass is 287 g/mol. The van der Waals surface area contributed by atoms with Crippen LogP contribution >= 0.6 is 23.4 Å². The van der Waals surface area contributed by atoms with Crippen LogP contribution < -0.4 is 5.32 Å². The third-order valence-corrected chi connectivity index (χ3v) is 5.30. The van der Waals surface area contributed by atoms with Crippen LogP contribution in [0, 0.1) is 5.82 Å². The first-order chi connectivity index (χ1) is 8.70. The molecule has 1 aromatic carbocycles. The molecule has 1 aromatic rings. The molecule has 0 saturated heterocycles. The standard InChI is InChI=1S/C14H19ClFNS/c1-17-14(9-18-11-4-2-3-5-11)12-8-10(16)6-7-13(12)15/h6-8,11,14,17H,2-5,9H2,1H3. The summed E-state index contributed by atoms with van der Waals surface area (Å²) in [6, 6.07) is 4.71. The second kappa shape index (κ2) is 6.78. The average molecular weight is 288 g/mol. The first-order valence-electron chi connectivity index (χ1n) is 6.44. The summed E-state index contributed by atoms with van der Waals surface area (Å²) in [5, 5.41) is 4.65. The van der Waals surface area contributed by atoms with Crippen molar-refractivity contribution in [3.05, 3.63) is 34.6 Å². The molecule has 1 aliphatic rings. The molecular weight excluding hydrogens is 269 g/mol. The fourth-order valence-corrected chi connectivity index (χ4v) is 4.12. The number of nitrogens with one attached hydrogen (secondary N) is 1. The minimum atomic E-state index is -0.222. The summed E-state index contributed by atoms with van der Waals surface area (Å²) in [4.78, 5) is 0. The second-order valence-electron chi connectivity index (χ2n) is 4.75. The number of benzene rings is 1. The lowest BCUT2D eigenvalue weighted by molar-refractivity contribution is 0.611. The van der Waals surface area contributed by atoms with Gasteiger partial charge in [0.25, 0.3) is 0 Å². The van der Waals surface area contributed by atoms with E-state index >= 15 is 0 Å². The van der Waals surface area contributed by atoms with Gasteiger partial charge >= 0.3 is 0 Å². The zero-order valence-corrected chi connectivity index (χ0v) is 12.2. The summed E-state index contributed by atoms with van der Waals surface area (Å²) in [5.74, 6) is 0.727. The number of thioether (sulfide) groups is 1. The lowest BCUT2D eigenvalue weighted by Gasteiger charge is -2.19. The van der Waals surface area contributed by atoms with Crippen molar-refractivity contribution < 1.29 is 4.39 Å². The molecule has 2 rings (SSSR count). The van der Waals surface area contributed by atoms with E-state index in [4.69, 9.17) is 11.6 Å². The number of rotatable bonds is 5. The van der Waals surface area contributed by atoms with Crippen LogP contribution in [0.4, 0.5) is 4.39 Å². The van der Waals surface area contributed by atoms with E-state index in [2.05, 4.69) is 5.32 Å². The lowest BCUT2D eigenvalue weighted by atomic mass is 10.1. The quantitative estimate of drug-likeness (QED) is 0.860. The Kier molecular flexibility index (Phi) is 5.34. The van der Waals surface area contributed by atoms with Gasteiger partial charge in [0, 0.05) is 22.1 Å². The Hall–Kier alpha value is -0.250. The molecule has 18 heavy (non-hydrogen) atoms. The van der Waals surface area contributed by atoms with E-state index in [1.54, 1.807) is 12.1 Å². The largest absolute Gasteiger partial charge is 0.312 e. The van der Waals surface area contributed by atoms with Gasteiger partial charge in [0.1, 0.15) is 5.82 Å². The van der Waals surface area contributed by atoms with Gasteiger partial charge in [-0.3, -0.25) is 0 Å². The van der Waals surface area contributed by atoms with E-state index in [0.29, 0.717) is 5.02 Å². The third-order valence-electron chi connectivity index (χ3n) is 3.48. The van der Waals surface area contributed by atoms with Crippen LogP contribution in [0.1, 0.15) is 37.3 Å². The van der Waals surface area contributed by atoms with E-state index in [9.17, 15) is 4.39 Å². The van der Waals surface area contributed by atoms with Crippen LogP contribution in [0.5, 0.6) is 0 Å². The Morgan fingerprint density at radius 2 is 2.17 bits per heavy atom. The van der Waals surface area contributed by atoms with Crippen molar-refractivity contribution in [2.24, 2.45) is 0 Å². The van der Waals surface area contributed by atoms with Crippen molar-refractivity contribution in [3.8, 4) is 0 Å². The molecule has 4 heteroatoms. The maximum Gasteiger partial charge on any atom is 0.123 e. The highest BCUT2D eigenvalue weighted by molar-refractivity contribution is 7.99. The van der Waals surface area contributed by atoms with Gasteiger partial charge in [-0.2, -0.15) is 11.8 Å². The van der Waals surface area contributed by atoms with Gasteiger partial charge in [-0.15, -0.1) is 0 Å². The van der Waals surface area contributed by atoms with E-state index < -0.39 is 0 Å². The molecule has 0 heterocycles. The number of hydrogen-bond donors (Lipinski definition) is 1. The second-order valence-corrected chi connectivity index (χ2v) is 6.49. The van der Waals surface area contributed by atoms with Gasteiger partial charge in [-0.1, -0.05) is 24.4 Å². The van der Waals surface area contributed by atoms with Crippen LogP contribution in [0.2, 0.25) is 5.02 Å². The molecule has 1 atom stereocenters. The molecular formula is C14H19ClFNS. The Labute approximate surface area is 117 Å². The van der Waals surface area contributed by atoms with Crippen molar-refractivity contribution in [2.75, 3.05) is 12.8 Å². The minimum Gasteiger partial charge on any atom is -0.312 e. The maximum atomic E-state index is 13.3. The smallest absolute Gasteiger partial charge is 0.123 e. The molecule has 0 spiro atoms. The highest BCUT2D eigenvalue weighted by Gasteiger charge is 2.19. The van der Waals surface area contributed by atoms with E-state index in [1.165, 1.54) is 31.7 Å². The summed E-state index contributed by atoms with van der Waals surface area (Å²) in [6.07, 6.45) is 5.33. The molecule has 0 bridgehead atoms. The zero-order chi connectivity index (χ0) is 13.0. The molecule has 0 aliphatic heterocycles. The van der Waals surface area contributed by atoms with Crippen LogP contribution in [0.15, 0.2) is 18.2 Å². The third kappa shape index (κ3) is 3.62. The van der Waals surface area contributed by atoms with Crippen molar-refractivity contribution >= 4 is 23.4 Å². The van der Waals surface area contributed by atoms with Crippen molar-refractivity contribution in [1.82, 2.24) is 5.32 Å². The molecule has 1 fully saturated rings. The maximum absolute atomic E-state index is 13.3. The highest BCUT2D eigenvalue weighted by Crippen LogP contribution is 2.33. The fourth-order valence-electron chi connectivity index (χ4n) is 2.40. The topological polar surface area (TPSA) is 12.0 Å². The molecule has 0 aromatic heterocycles. The summed E-state index contributed by atoms with van der Waals surface area (Å²) in [6.45, 7) is 0. The molecule has 1 saturated carbocycles. The number of hydrogen-bond acceptors (Lipinski definition) is 2. The Balaban J connectivity index is 2.00. The van der Waals surface area contributed by atoms with Crippen LogP contribution in [0.25, 0.3) is 0 Å². The van der Waals surface area contributed by atoms with Crippen LogP contribution in [0.3, 0.4) is 0 Å². The normalized spacial score (nSPS) is 18.2. The Bertz CT molecular complexity index is 393. The predicted octanol–water partition coefficient (Wildman–Crippen LogP) is 4.42. The minimum absolute atomic E-state index is 0.124. The first kappa shape index (κ1) is 14.2. The Morgan fingerprint density at radius 3 is 2.83 bits per heavy atom. The summed E-state index contributed by atoms with van der Waals surface area (Å²) in [5.41, 5.74) is 0.865. The van der Waals surface area contributed by atoms with Gasteiger partial charge in [0.05, 0.1) is 0 Å². The van der Waals surface area contributed by atoms with Crippen molar-refractivity contribution in [2.45, 2.75) is 37.0 Å². The first-order valence-corrected chi connectivity index (χ1v) is 7.87. The fraction of sp³-hybridized carbons (Fsp3) is 0.571. The van der Waals surface area contributed by atoms with Gasteiger partial charge in [-0.25, -0.2) is 4.39 Å². The van der Waals surface area contributed by atoms with E-state index in [-0.39, 0.29) is 11.9 Å². The molecule has 1 aliphatic carbocycles. The van der Waals surface area contributed by atoms with Gasteiger partial charge in [0.15, 0.2) is 0 Å². The predicted molar refractivity (Wildman–Crippen MR) is 77.9 cm³/mol. The summed E-state index contributed by atoms with van der Waals surface area (Å²) >= 11 is 8.13. The highest BCUT2D eigenvalue weighted by atomic mass is 35.5. The van der Waals surface area contributed by atoms with E-state index in [1.807, 2.05) is 18.8 Å². The molecule has 0 radical (unpaired) electrons. The van der Waals surface area contributed by atoms with Gasteiger partial charge in [0.2, 0.25) is 0 Å². The Morgan fingerprint density at radius 1 is 1.44 bits per heavy atom. The average Bonchev–Trinajstić information content (AvgIpc) is 2.87. The van der Waals surface area contributed by atoms with Gasteiger partial charge in [-0.05, 0) is 43.7 Å². The van der Waals surface area contributed by atoms with Crippen LogP contribution in [-0.4, -0.2) is 18.1 Å². The molecule has 1 N–H and O–H groups in total. The zero-order valence-electron chi connectivity index (χ0n) is 10.6. The van der Waals surface area contributed by atoms with E-state index in [0.717, 1.165) is 16.6 Å². The summed E-state index contributed by atoms with van der Waals surface area (Å²) < 4.78 is 13.3. The summed E-state index contributed by atoms with van der Waals surface area (Å²) in [7, 11) is 1.90. The van der Waals surface area contributed by atoms with Gasteiger partial charge < -0.3 is 5.32 Å². The number of halogens is 2. The molecule has 100 valence electrons. The lowest BCUT2D eigenvalue weighted by Crippen LogP contribution is -2.20. The van der Waals surface area contributed by atoms with Crippen LogP contribution in [-0.2, 0) is 0 Å². The molecule has 1 unspecified atom stereocenters. The van der Waals surface area contributed by atoms with Crippen molar-refractivity contribution in [1.29, 1.82) is 0 Å². The molecule has 1 nitrogen and oxygen atoms in total. The molecule has 0 amide bonds. The SMILES string of the molecule is CNC(CSC1CCCC1)c1cc(F)ccc1Cl. The van der Waals surface area contributed by atoms with Crippen molar-refractivity contribution in [3.63, 3.8) is 0 Å².